The van der Waals surface area contributed by atoms with Crippen LogP contribution in [0.4, 0.5) is 0 Å². The molecule has 0 saturated carbocycles. The molecule has 0 heterocycles. The molecule has 0 unspecified atom stereocenters. The summed E-state index contributed by atoms with van der Waals surface area (Å²) in [6, 6.07) is 17.3. The Balaban J connectivity index is 0.000000963. The number of rotatable bonds is 0. The second-order valence-electron chi connectivity index (χ2n) is 4.12. The van der Waals surface area contributed by atoms with Gasteiger partial charge in [0.1, 0.15) is 0 Å². The fraction of sp³-hybridized carbons (Fsp3) is 0.133. The fourth-order valence-electron chi connectivity index (χ4n) is 2.41. The molecule has 1 heteroatoms. The summed E-state index contributed by atoms with van der Waals surface area (Å²) in [7, 11) is 0. The molecule has 1 aliphatic carbocycles. The van der Waals surface area contributed by atoms with E-state index in [2.05, 4.69) is 61.9 Å². The first-order chi connectivity index (χ1) is 7.36. The van der Waals surface area contributed by atoms with Crippen molar-refractivity contribution in [3.63, 3.8) is 0 Å². The number of hydrogen-bond donors (Lipinski definition) is 0. The van der Waals surface area contributed by atoms with E-state index < -0.39 is 0 Å². The molecule has 0 fully saturated rings. The summed E-state index contributed by atoms with van der Waals surface area (Å²) in [4.78, 5) is 0. The van der Waals surface area contributed by atoms with E-state index in [1.807, 2.05) is 0 Å². The van der Waals surface area contributed by atoms with Crippen LogP contribution in [0, 0.1) is 6.42 Å². The Morgan fingerprint density at radius 1 is 0.812 bits per heavy atom. The normalized spacial score (nSPS) is 13.1. The molecule has 77 valence electrons. The van der Waals surface area contributed by atoms with Crippen LogP contribution in [-0.4, -0.2) is 0 Å². The van der Waals surface area contributed by atoms with E-state index in [4.69, 9.17) is 0 Å². The van der Waals surface area contributed by atoms with Gasteiger partial charge in [0.25, 0.3) is 0 Å². The van der Waals surface area contributed by atoms with Crippen molar-refractivity contribution in [3.05, 3.63) is 77.2 Å². The maximum atomic E-state index is 2.28. The van der Waals surface area contributed by atoms with Crippen LogP contribution in [0.3, 0.4) is 0 Å². The smallest absolute Gasteiger partial charge is 0 e. The van der Waals surface area contributed by atoms with Gasteiger partial charge in [0, 0.05) is 32.7 Å². The van der Waals surface area contributed by atoms with E-state index in [0.29, 0.717) is 5.92 Å². The van der Waals surface area contributed by atoms with Crippen molar-refractivity contribution >= 4 is 0 Å². The standard InChI is InChI=1S/C15H13.Y/c1-11-14-8-4-2-6-12(14)10-13-7-3-5-9-15(11)13;/h2-11H,1H3;/q-1;. The van der Waals surface area contributed by atoms with Gasteiger partial charge in [-0.25, -0.2) is 0 Å². The predicted molar refractivity (Wildman–Crippen MR) is 62.9 cm³/mol. The fourth-order valence-corrected chi connectivity index (χ4v) is 2.41. The molecule has 0 amide bonds. The average Bonchev–Trinajstić information content (AvgIpc) is 2.30. The zero-order valence-electron chi connectivity index (χ0n) is 9.35. The van der Waals surface area contributed by atoms with Gasteiger partial charge >= 0.3 is 0 Å². The van der Waals surface area contributed by atoms with E-state index in [0.717, 1.165) is 0 Å². The second kappa shape index (κ2) is 4.73. The van der Waals surface area contributed by atoms with Crippen molar-refractivity contribution in [1.29, 1.82) is 0 Å². The van der Waals surface area contributed by atoms with Gasteiger partial charge in [-0.15, -0.1) is 40.8 Å². The quantitative estimate of drug-likeness (QED) is 0.646. The first-order valence-corrected chi connectivity index (χ1v) is 5.39. The molecule has 16 heavy (non-hydrogen) atoms. The molecule has 0 N–H and O–H groups in total. The molecule has 2 aromatic carbocycles. The SMILES string of the molecule is CC1c2ccccc2[CH-]c2ccccc21.[Y]. The first-order valence-electron chi connectivity index (χ1n) is 5.39. The van der Waals surface area contributed by atoms with Crippen molar-refractivity contribution in [2.75, 3.05) is 0 Å². The summed E-state index contributed by atoms with van der Waals surface area (Å²) in [6.45, 7) is 2.28. The third kappa shape index (κ3) is 1.85. The molecule has 0 nitrogen and oxygen atoms in total. The van der Waals surface area contributed by atoms with Gasteiger partial charge in [0.15, 0.2) is 0 Å². The van der Waals surface area contributed by atoms with Crippen molar-refractivity contribution in [1.82, 2.24) is 0 Å². The van der Waals surface area contributed by atoms with Crippen molar-refractivity contribution in [3.8, 4) is 0 Å². The molecule has 0 bridgehead atoms. The van der Waals surface area contributed by atoms with Crippen LogP contribution in [0.5, 0.6) is 0 Å². The van der Waals surface area contributed by atoms with E-state index in [9.17, 15) is 0 Å². The van der Waals surface area contributed by atoms with Gasteiger partial charge in [-0.3, -0.25) is 0 Å². The molecule has 0 spiro atoms. The minimum atomic E-state index is 0. The number of hydrogen-bond acceptors (Lipinski definition) is 0. The maximum Gasteiger partial charge on any atom is 0 e. The Bertz CT molecular complexity index is 457. The van der Waals surface area contributed by atoms with Crippen LogP contribution < -0.4 is 0 Å². The third-order valence-electron chi connectivity index (χ3n) is 3.24. The van der Waals surface area contributed by atoms with Gasteiger partial charge in [-0.1, -0.05) is 43.3 Å². The molecule has 0 saturated heterocycles. The summed E-state index contributed by atoms with van der Waals surface area (Å²) in [5, 5.41) is 0. The average molecular weight is 282 g/mol. The Morgan fingerprint density at radius 2 is 1.25 bits per heavy atom. The number of fused-ring (bicyclic) bond motifs is 2. The zero-order valence-corrected chi connectivity index (χ0v) is 12.2. The van der Waals surface area contributed by atoms with Gasteiger partial charge in [-0.2, -0.15) is 0 Å². The van der Waals surface area contributed by atoms with E-state index in [1.54, 1.807) is 0 Å². The van der Waals surface area contributed by atoms with Gasteiger partial charge in [0.2, 0.25) is 0 Å². The van der Waals surface area contributed by atoms with Crippen LogP contribution >= 0.6 is 0 Å². The summed E-state index contributed by atoms with van der Waals surface area (Å²) in [5.41, 5.74) is 5.61. The van der Waals surface area contributed by atoms with Crippen LogP contribution in [-0.2, 0) is 32.7 Å². The second-order valence-corrected chi connectivity index (χ2v) is 4.12. The molecule has 1 aliphatic rings. The molecule has 0 atom stereocenters. The number of benzene rings is 2. The summed E-state index contributed by atoms with van der Waals surface area (Å²) < 4.78 is 0. The van der Waals surface area contributed by atoms with Crippen LogP contribution in [0.15, 0.2) is 48.5 Å². The molecule has 2 aromatic rings. The van der Waals surface area contributed by atoms with Crippen LogP contribution in [0.25, 0.3) is 0 Å². The van der Waals surface area contributed by atoms with Crippen molar-refractivity contribution < 1.29 is 32.7 Å². The molecule has 0 aliphatic heterocycles. The van der Waals surface area contributed by atoms with Gasteiger partial charge in [-0.05, 0) is 5.92 Å². The molecular weight excluding hydrogens is 269 g/mol. The molecular formula is C15H13Y-. The summed E-state index contributed by atoms with van der Waals surface area (Å²) >= 11 is 0. The van der Waals surface area contributed by atoms with Crippen molar-refractivity contribution in [2.45, 2.75) is 12.8 Å². The van der Waals surface area contributed by atoms with Crippen molar-refractivity contribution in [2.24, 2.45) is 0 Å². The van der Waals surface area contributed by atoms with Crippen LogP contribution in [0.1, 0.15) is 35.1 Å². The summed E-state index contributed by atoms with van der Waals surface area (Å²) in [5.74, 6) is 0.516. The van der Waals surface area contributed by atoms with E-state index in [-0.39, 0.29) is 32.7 Å². The largest absolute Gasteiger partial charge is 0.126 e. The van der Waals surface area contributed by atoms with Crippen LogP contribution in [0.2, 0.25) is 0 Å². The molecule has 1 radical (unpaired) electrons. The minimum Gasteiger partial charge on any atom is -0.126 e. The molecule has 3 rings (SSSR count). The summed E-state index contributed by atoms with van der Waals surface area (Å²) in [6.07, 6.45) is 2.28. The van der Waals surface area contributed by atoms with E-state index in [1.165, 1.54) is 22.3 Å². The molecule has 0 aromatic heterocycles. The topological polar surface area (TPSA) is 0 Å². The first kappa shape index (κ1) is 11.9. The van der Waals surface area contributed by atoms with E-state index >= 15 is 0 Å². The Kier molecular flexibility index (Phi) is 3.51. The Morgan fingerprint density at radius 3 is 1.75 bits per heavy atom. The monoisotopic (exact) mass is 282 g/mol. The maximum absolute atomic E-state index is 2.28. The third-order valence-corrected chi connectivity index (χ3v) is 3.24. The van der Waals surface area contributed by atoms with Gasteiger partial charge in [0.05, 0.1) is 0 Å². The van der Waals surface area contributed by atoms with Gasteiger partial charge < -0.3 is 0 Å². The Hall–Kier alpha value is -0.586. The Labute approximate surface area is 122 Å². The minimum absolute atomic E-state index is 0. The predicted octanol–water partition coefficient (Wildman–Crippen LogP) is 3.75. The zero-order chi connectivity index (χ0) is 10.3.